The second-order valence-electron chi connectivity index (χ2n) is 4.55. The third-order valence-corrected chi connectivity index (χ3v) is 3.10. The van der Waals surface area contributed by atoms with Crippen molar-refractivity contribution in [1.29, 1.82) is 0 Å². The van der Waals surface area contributed by atoms with Gasteiger partial charge in [-0.3, -0.25) is 4.79 Å². The first-order chi connectivity index (χ1) is 8.93. The lowest BCUT2D eigenvalue weighted by Crippen LogP contribution is -2.39. The third-order valence-electron chi connectivity index (χ3n) is 3.10. The van der Waals surface area contributed by atoms with Crippen molar-refractivity contribution in [2.75, 3.05) is 5.32 Å². The van der Waals surface area contributed by atoms with Crippen molar-refractivity contribution in [3.8, 4) is 0 Å². The summed E-state index contributed by atoms with van der Waals surface area (Å²) >= 11 is 0. The molecule has 0 bridgehead atoms. The Morgan fingerprint density at radius 2 is 2.00 bits per heavy atom. The van der Waals surface area contributed by atoms with Gasteiger partial charge in [0.25, 0.3) is 0 Å². The molecule has 1 atom stereocenters. The maximum absolute atomic E-state index is 11.8. The smallest absolute Gasteiger partial charge is 0.319 e. The van der Waals surface area contributed by atoms with Crippen molar-refractivity contribution in [2.45, 2.75) is 39.7 Å². The Kier molecular flexibility index (Phi) is 5.36. The predicted octanol–water partition coefficient (Wildman–Crippen LogP) is 2.68. The number of hydrogen-bond donors (Lipinski definition) is 3. The number of rotatable bonds is 5. The number of aryl methyl sites for hydroxylation is 1. The van der Waals surface area contributed by atoms with Gasteiger partial charge in [0.05, 0.1) is 6.42 Å². The van der Waals surface area contributed by atoms with E-state index in [1.165, 1.54) is 0 Å². The maximum Gasteiger partial charge on any atom is 0.319 e. The summed E-state index contributed by atoms with van der Waals surface area (Å²) < 4.78 is 0. The molecule has 0 fully saturated rings. The highest BCUT2D eigenvalue weighted by atomic mass is 16.4. The average molecular weight is 264 g/mol. The minimum Gasteiger partial charge on any atom is -0.481 e. The van der Waals surface area contributed by atoms with Crippen LogP contribution in [0.25, 0.3) is 0 Å². The zero-order chi connectivity index (χ0) is 14.4. The molecule has 5 heteroatoms. The highest BCUT2D eigenvalue weighted by molar-refractivity contribution is 5.90. The van der Waals surface area contributed by atoms with E-state index in [4.69, 9.17) is 5.11 Å². The number of carboxylic acid groups (broad SMARTS) is 1. The van der Waals surface area contributed by atoms with Gasteiger partial charge in [0.15, 0.2) is 0 Å². The van der Waals surface area contributed by atoms with Crippen molar-refractivity contribution in [3.63, 3.8) is 0 Å². The molecule has 0 saturated heterocycles. The monoisotopic (exact) mass is 264 g/mol. The lowest BCUT2D eigenvalue weighted by Gasteiger charge is -2.16. The van der Waals surface area contributed by atoms with Crippen LogP contribution in [0, 0.1) is 13.8 Å². The molecule has 1 unspecified atom stereocenters. The van der Waals surface area contributed by atoms with Crippen LogP contribution >= 0.6 is 0 Å². The summed E-state index contributed by atoms with van der Waals surface area (Å²) in [6.07, 6.45) is 0.503. The molecule has 0 heterocycles. The number of amides is 2. The van der Waals surface area contributed by atoms with Crippen LogP contribution in [0.5, 0.6) is 0 Å². The fourth-order valence-electron chi connectivity index (χ4n) is 1.74. The second kappa shape index (κ2) is 6.78. The van der Waals surface area contributed by atoms with Crippen LogP contribution in [0.15, 0.2) is 18.2 Å². The summed E-state index contributed by atoms with van der Waals surface area (Å²) in [5.41, 5.74) is 2.84. The first-order valence-electron chi connectivity index (χ1n) is 6.29. The van der Waals surface area contributed by atoms with Crippen LogP contribution in [0.4, 0.5) is 10.5 Å². The number of benzene rings is 1. The lowest BCUT2D eigenvalue weighted by atomic mass is 10.1. The van der Waals surface area contributed by atoms with Crippen LogP contribution in [-0.4, -0.2) is 23.1 Å². The van der Waals surface area contributed by atoms with E-state index < -0.39 is 5.97 Å². The molecule has 0 spiro atoms. The SMILES string of the molecule is CCC(CC(=O)O)NC(=O)Nc1cccc(C)c1C. The summed E-state index contributed by atoms with van der Waals surface area (Å²) in [6, 6.07) is 4.92. The summed E-state index contributed by atoms with van der Waals surface area (Å²) in [5.74, 6) is -0.918. The number of carbonyl (C=O) groups is 2. The number of aliphatic carboxylic acids is 1. The van der Waals surface area contributed by atoms with Gasteiger partial charge in [-0.05, 0) is 37.5 Å². The van der Waals surface area contributed by atoms with Gasteiger partial charge in [-0.2, -0.15) is 0 Å². The Bertz CT molecular complexity index is 472. The van der Waals surface area contributed by atoms with E-state index in [0.29, 0.717) is 6.42 Å². The Hall–Kier alpha value is -2.04. The lowest BCUT2D eigenvalue weighted by molar-refractivity contribution is -0.137. The maximum atomic E-state index is 11.8. The quantitative estimate of drug-likeness (QED) is 0.765. The zero-order valence-corrected chi connectivity index (χ0v) is 11.5. The van der Waals surface area contributed by atoms with E-state index in [0.717, 1.165) is 16.8 Å². The van der Waals surface area contributed by atoms with E-state index >= 15 is 0 Å². The van der Waals surface area contributed by atoms with Crippen LogP contribution in [0.2, 0.25) is 0 Å². The van der Waals surface area contributed by atoms with Gasteiger partial charge in [0.2, 0.25) is 0 Å². The van der Waals surface area contributed by atoms with Crippen LogP contribution in [0.1, 0.15) is 30.9 Å². The summed E-state index contributed by atoms with van der Waals surface area (Å²) in [6.45, 7) is 5.74. The van der Waals surface area contributed by atoms with Crippen molar-refractivity contribution < 1.29 is 14.7 Å². The van der Waals surface area contributed by atoms with Gasteiger partial charge in [0.1, 0.15) is 0 Å². The fraction of sp³-hybridized carbons (Fsp3) is 0.429. The molecular formula is C14H20N2O3. The number of hydrogen-bond acceptors (Lipinski definition) is 2. The number of nitrogens with one attached hydrogen (secondary N) is 2. The Morgan fingerprint density at radius 3 is 2.58 bits per heavy atom. The molecule has 0 radical (unpaired) electrons. The normalized spacial score (nSPS) is 11.7. The number of anilines is 1. The van der Waals surface area contributed by atoms with Crippen molar-refractivity contribution >= 4 is 17.7 Å². The summed E-state index contributed by atoms with van der Waals surface area (Å²) in [4.78, 5) is 22.4. The van der Waals surface area contributed by atoms with Gasteiger partial charge in [-0.25, -0.2) is 4.79 Å². The standard InChI is InChI=1S/C14H20N2O3/c1-4-11(8-13(17)18)15-14(19)16-12-7-5-6-9(2)10(12)3/h5-7,11H,4,8H2,1-3H3,(H,17,18)(H2,15,16,19). The molecule has 0 aliphatic carbocycles. The molecule has 3 N–H and O–H groups in total. The van der Waals surface area contributed by atoms with Gasteiger partial charge < -0.3 is 15.7 Å². The molecule has 19 heavy (non-hydrogen) atoms. The van der Waals surface area contributed by atoms with E-state index in [-0.39, 0.29) is 18.5 Å². The number of carbonyl (C=O) groups excluding carboxylic acids is 1. The highest BCUT2D eigenvalue weighted by Crippen LogP contribution is 2.17. The van der Waals surface area contributed by atoms with Crippen molar-refractivity contribution in [2.24, 2.45) is 0 Å². The number of carboxylic acids is 1. The molecule has 0 saturated carbocycles. The van der Waals surface area contributed by atoms with Crippen LogP contribution < -0.4 is 10.6 Å². The van der Waals surface area contributed by atoms with Gasteiger partial charge in [-0.15, -0.1) is 0 Å². The predicted molar refractivity (Wildman–Crippen MR) is 74.4 cm³/mol. The van der Waals surface area contributed by atoms with Crippen LogP contribution in [0.3, 0.4) is 0 Å². The molecule has 2 amide bonds. The topological polar surface area (TPSA) is 78.4 Å². The molecule has 104 valence electrons. The molecule has 1 aromatic rings. The summed E-state index contributed by atoms with van der Waals surface area (Å²) in [5, 5.41) is 14.1. The van der Waals surface area contributed by atoms with Gasteiger partial charge >= 0.3 is 12.0 Å². The van der Waals surface area contributed by atoms with Crippen molar-refractivity contribution in [3.05, 3.63) is 29.3 Å². The highest BCUT2D eigenvalue weighted by Gasteiger charge is 2.14. The fourth-order valence-corrected chi connectivity index (χ4v) is 1.74. The zero-order valence-electron chi connectivity index (χ0n) is 11.5. The van der Waals surface area contributed by atoms with E-state index in [2.05, 4.69) is 10.6 Å². The van der Waals surface area contributed by atoms with Gasteiger partial charge in [0, 0.05) is 11.7 Å². The minimum atomic E-state index is -0.918. The van der Waals surface area contributed by atoms with Gasteiger partial charge in [-0.1, -0.05) is 19.1 Å². The Balaban J connectivity index is 2.64. The first kappa shape index (κ1) is 15.0. The molecule has 0 aliphatic heterocycles. The molecule has 1 rings (SSSR count). The Labute approximate surface area is 113 Å². The Morgan fingerprint density at radius 1 is 1.32 bits per heavy atom. The largest absolute Gasteiger partial charge is 0.481 e. The van der Waals surface area contributed by atoms with E-state index in [9.17, 15) is 9.59 Å². The molecule has 5 nitrogen and oxygen atoms in total. The van der Waals surface area contributed by atoms with Crippen molar-refractivity contribution in [1.82, 2.24) is 5.32 Å². The molecular weight excluding hydrogens is 244 g/mol. The molecule has 0 aliphatic rings. The average Bonchev–Trinajstić information content (AvgIpc) is 2.33. The third kappa shape index (κ3) is 4.62. The number of urea groups is 1. The van der Waals surface area contributed by atoms with E-state index in [1.807, 2.05) is 39.0 Å². The first-order valence-corrected chi connectivity index (χ1v) is 6.29. The molecule has 0 aromatic heterocycles. The van der Waals surface area contributed by atoms with E-state index in [1.54, 1.807) is 0 Å². The summed E-state index contributed by atoms with van der Waals surface area (Å²) in [7, 11) is 0. The second-order valence-corrected chi connectivity index (χ2v) is 4.55. The minimum absolute atomic E-state index is 0.0727. The van der Waals surface area contributed by atoms with Crippen LogP contribution in [-0.2, 0) is 4.79 Å². The molecule has 1 aromatic carbocycles.